The highest BCUT2D eigenvalue weighted by Gasteiger charge is 2.30. The van der Waals surface area contributed by atoms with Gasteiger partial charge < -0.3 is 25.0 Å². The number of carboxylic acid groups (broad SMARTS) is 1. The van der Waals surface area contributed by atoms with Crippen molar-refractivity contribution in [3.8, 4) is 12.3 Å². The van der Waals surface area contributed by atoms with E-state index in [2.05, 4.69) is 11.2 Å². The molecule has 0 aromatic heterocycles. The highest BCUT2D eigenvalue weighted by Crippen LogP contribution is 2.22. The smallest absolute Gasteiger partial charge is 0.410 e. The van der Waals surface area contributed by atoms with Gasteiger partial charge in [-0.25, -0.2) is 4.79 Å². The molecule has 2 aliphatic heterocycles. The van der Waals surface area contributed by atoms with E-state index in [0.29, 0.717) is 32.5 Å². The third-order valence-electron chi connectivity index (χ3n) is 5.70. The van der Waals surface area contributed by atoms with Gasteiger partial charge in [0.05, 0.1) is 12.3 Å². The number of amides is 3. The van der Waals surface area contributed by atoms with Crippen LogP contribution in [-0.2, 0) is 19.1 Å². The van der Waals surface area contributed by atoms with Gasteiger partial charge in [0, 0.05) is 26.2 Å². The van der Waals surface area contributed by atoms with Gasteiger partial charge in [-0.05, 0) is 58.4 Å². The minimum Gasteiger partial charge on any atom is -0.481 e. The lowest BCUT2D eigenvalue weighted by Crippen LogP contribution is -2.47. The Bertz CT molecular complexity index is 802. The average Bonchev–Trinajstić information content (AvgIpc) is 2.75. The molecule has 0 saturated carbocycles. The molecule has 33 heavy (non-hydrogen) atoms. The molecule has 0 radical (unpaired) electrons. The van der Waals surface area contributed by atoms with E-state index in [0.717, 1.165) is 12.8 Å². The second kappa shape index (κ2) is 11.7. The van der Waals surface area contributed by atoms with Gasteiger partial charge >= 0.3 is 12.1 Å². The second-order valence-electron chi connectivity index (χ2n) is 9.61. The highest BCUT2D eigenvalue weighted by molar-refractivity contribution is 5.88. The van der Waals surface area contributed by atoms with Gasteiger partial charge in [0.25, 0.3) is 0 Å². The van der Waals surface area contributed by atoms with Crippen LogP contribution in [0.3, 0.4) is 0 Å². The molecule has 2 aliphatic rings. The molecule has 1 unspecified atom stereocenters. The van der Waals surface area contributed by atoms with Crippen molar-refractivity contribution in [2.75, 3.05) is 26.2 Å². The largest absolute Gasteiger partial charge is 0.481 e. The van der Waals surface area contributed by atoms with Crippen LogP contribution in [0.15, 0.2) is 12.2 Å². The molecular weight excluding hydrogens is 426 g/mol. The van der Waals surface area contributed by atoms with Crippen molar-refractivity contribution in [3.63, 3.8) is 0 Å². The summed E-state index contributed by atoms with van der Waals surface area (Å²) in [7, 11) is 0. The predicted molar refractivity (Wildman–Crippen MR) is 122 cm³/mol. The summed E-state index contributed by atoms with van der Waals surface area (Å²) in [5, 5.41) is 11.5. The van der Waals surface area contributed by atoms with Crippen LogP contribution < -0.4 is 5.32 Å². The quantitative estimate of drug-likeness (QED) is 0.462. The van der Waals surface area contributed by atoms with Crippen molar-refractivity contribution in [2.45, 2.75) is 64.5 Å². The Morgan fingerprint density at radius 3 is 2.39 bits per heavy atom. The number of carbonyl (C=O) groups excluding carboxylic acids is 3. The lowest BCUT2D eigenvalue weighted by atomic mass is 9.95. The first-order valence-electron chi connectivity index (χ1n) is 11.4. The number of rotatable bonds is 6. The standard InChI is InChI=1S/C24H35N3O6/c1-5-19(15-21(29)30)25-22(31)18-7-6-12-27(16-18)20(28)9-8-17-10-13-26(14-11-17)23(32)33-24(2,3)4/h1,8-9,17-19H,6-7,10-16H2,2-4H3,(H,25,31)(H,29,30)/b9-8+/t18-,19?/m0/s1. The van der Waals surface area contributed by atoms with Gasteiger partial charge in [-0.1, -0.05) is 12.0 Å². The van der Waals surface area contributed by atoms with E-state index in [1.54, 1.807) is 15.9 Å². The number of carbonyl (C=O) groups is 4. The zero-order valence-corrected chi connectivity index (χ0v) is 19.7. The number of allylic oxidation sites excluding steroid dienone is 1. The second-order valence-corrected chi connectivity index (χ2v) is 9.61. The fraction of sp³-hybridized carbons (Fsp3) is 0.667. The van der Waals surface area contributed by atoms with E-state index in [9.17, 15) is 19.2 Å². The molecule has 2 rings (SSSR count). The number of piperidine rings is 2. The Kier molecular flexibility index (Phi) is 9.32. The highest BCUT2D eigenvalue weighted by atomic mass is 16.6. The van der Waals surface area contributed by atoms with Crippen molar-refractivity contribution < 1.29 is 29.0 Å². The summed E-state index contributed by atoms with van der Waals surface area (Å²) in [4.78, 5) is 51.5. The Labute approximate surface area is 195 Å². The summed E-state index contributed by atoms with van der Waals surface area (Å²) in [6, 6.07) is -0.868. The van der Waals surface area contributed by atoms with Crippen molar-refractivity contribution in [1.29, 1.82) is 0 Å². The molecule has 9 nitrogen and oxygen atoms in total. The van der Waals surface area contributed by atoms with Crippen molar-refractivity contribution in [2.24, 2.45) is 11.8 Å². The van der Waals surface area contributed by atoms with Crippen LogP contribution >= 0.6 is 0 Å². The minimum absolute atomic E-state index is 0.152. The van der Waals surface area contributed by atoms with E-state index in [-0.39, 0.29) is 36.8 Å². The summed E-state index contributed by atoms with van der Waals surface area (Å²) < 4.78 is 5.40. The van der Waals surface area contributed by atoms with Gasteiger partial charge in [-0.15, -0.1) is 6.42 Å². The number of likely N-dealkylation sites (tertiary alicyclic amines) is 2. The molecular formula is C24H35N3O6. The summed E-state index contributed by atoms with van der Waals surface area (Å²) in [6.07, 6.45) is 10.9. The summed E-state index contributed by atoms with van der Waals surface area (Å²) >= 11 is 0. The molecule has 3 amide bonds. The first-order chi connectivity index (χ1) is 15.5. The number of aliphatic carboxylic acids is 1. The Morgan fingerprint density at radius 1 is 1.15 bits per heavy atom. The molecule has 182 valence electrons. The third-order valence-corrected chi connectivity index (χ3v) is 5.70. The first-order valence-corrected chi connectivity index (χ1v) is 11.4. The Hall–Kier alpha value is -3.02. The lowest BCUT2D eigenvalue weighted by Gasteiger charge is -2.33. The molecule has 9 heteroatoms. The Morgan fingerprint density at radius 2 is 1.82 bits per heavy atom. The Balaban J connectivity index is 1.82. The minimum atomic E-state index is -1.08. The van der Waals surface area contributed by atoms with Gasteiger partial charge in [0.15, 0.2) is 0 Å². The van der Waals surface area contributed by atoms with Gasteiger partial charge in [-0.3, -0.25) is 14.4 Å². The zero-order chi connectivity index (χ0) is 24.6. The maximum Gasteiger partial charge on any atom is 0.410 e. The van der Waals surface area contributed by atoms with E-state index in [4.69, 9.17) is 16.3 Å². The molecule has 0 aromatic carbocycles. The molecule has 0 aliphatic carbocycles. The zero-order valence-electron chi connectivity index (χ0n) is 19.7. The van der Waals surface area contributed by atoms with Gasteiger partial charge in [-0.2, -0.15) is 0 Å². The predicted octanol–water partition coefficient (Wildman–Crippen LogP) is 2.02. The van der Waals surface area contributed by atoms with Crippen LogP contribution in [0.4, 0.5) is 4.79 Å². The van der Waals surface area contributed by atoms with Crippen LogP contribution in [-0.4, -0.2) is 76.6 Å². The van der Waals surface area contributed by atoms with Crippen LogP contribution in [0.1, 0.15) is 52.9 Å². The normalized spacial score (nSPS) is 20.7. The van der Waals surface area contributed by atoms with E-state index in [1.165, 1.54) is 0 Å². The summed E-state index contributed by atoms with van der Waals surface area (Å²) in [5.74, 6) is 0.499. The average molecular weight is 462 g/mol. The number of carboxylic acids is 1. The summed E-state index contributed by atoms with van der Waals surface area (Å²) in [6.45, 7) is 7.51. The number of hydrogen-bond acceptors (Lipinski definition) is 5. The van der Waals surface area contributed by atoms with Crippen molar-refractivity contribution in [1.82, 2.24) is 15.1 Å². The van der Waals surface area contributed by atoms with E-state index in [1.807, 2.05) is 26.8 Å². The van der Waals surface area contributed by atoms with Crippen LogP contribution in [0.5, 0.6) is 0 Å². The maximum atomic E-state index is 12.7. The molecule has 2 fully saturated rings. The van der Waals surface area contributed by atoms with Crippen LogP contribution in [0.25, 0.3) is 0 Å². The molecule has 2 saturated heterocycles. The fourth-order valence-corrected chi connectivity index (χ4v) is 3.93. The summed E-state index contributed by atoms with van der Waals surface area (Å²) in [5.41, 5.74) is -0.526. The topological polar surface area (TPSA) is 116 Å². The van der Waals surface area contributed by atoms with E-state index >= 15 is 0 Å². The monoisotopic (exact) mass is 461 g/mol. The number of terminal acetylenes is 1. The number of ether oxygens (including phenoxy) is 1. The van der Waals surface area contributed by atoms with Crippen LogP contribution in [0, 0.1) is 24.2 Å². The van der Waals surface area contributed by atoms with Crippen molar-refractivity contribution in [3.05, 3.63) is 12.2 Å². The molecule has 0 bridgehead atoms. The lowest BCUT2D eigenvalue weighted by molar-refractivity contribution is -0.137. The van der Waals surface area contributed by atoms with Gasteiger partial charge in [0.2, 0.25) is 11.8 Å². The van der Waals surface area contributed by atoms with Crippen LogP contribution in [0.2, 0.25) is 0 Å². The van der Waals surface area contributed by atoms with Crippen molar-refractivity contribution >= 4 is 23.9 Å². The fourth-order valence-electron chi connectivity index (χ4n) is 3.93. The number of nitrogens with zero attached hydrogens (tertiary/aromatic N) is 2. The third kappa shape index (κ3) is 8.79. The first kappa shape index (κ1) is 26.2. The van der Waals surface area contributed by atoms with E-state index < -0.39 is 23.5 Å². The number of hydrogen-bond donors (Lipinski definition) is 2. The molecule has 2 heterocycles. The molecule has 0 aromatic rings. The maximum absolute atomic E-state index is 12.7. The SMILES string of the molecule is C#CC(CC(=O)O)NC(=O)[C@H]1CCCN(C(=O)/C=C/C2CCN(C(=O)OC(C)(C)C)CC2)C1. The molecule has 2 atom stereocenters. The molecule has 0 spiro atoms. The van der Waals surface area contributed by atoms with Gasteiger partial charge in [0.1, 0.15) is 11.6 Å². The number of nitrogens with one attached hydrogen (secondary N) is 1. The molecule has 2 N–H and O–H groups in total.